The van der Waals surface area contributed by atoms with Gasteiger partial charge in [-0.15, -0.1) is 0 Å². The Morgan fingerprint density at radius 2 is 2.12 bits per heavy atom. The molecule has 2 aromatic rings. The molecule has 0 saturated heterocycles. The largest absolute Gasteiger partial charge is 0.463 e. The highest BCUT2D eigenvalue weighted by molar-refractivity contribution is 5.79. The van der Waals surface area contributed by atoms with Crippen LogP contribution >= 0.6 is 0 Å². The van der Waals surface area contributed by atoms with Crippen molar-refractivity contribution >= 4 is 5.96 Å². The Labute approximate surface area is 148 Å². The maximum absolute atomic E-state index is 10.6. The monoisotopic (exact) mass is 348 g/mol. The normalized spacial score (nSPS) is 14.6. The van der Waals surface area contributed by atoms with Gasteiger partial charge in [0, 0.05) is 12.6 Å². The van der Waals surface area contributed by atoms with Crippen LogP contribution < -0.4 is 10.6 Å². The van der Waals surface area contributed by atoms with E-state index in [9.17, 15) is 5.11 Å². The quantitative estimate of drug-likeness (QED) is 0.526. The van der Waals surface area contributed by atoms with Crippen LogP contribution in [0.25, 0.3) is 0 Å². The summed E-state index contributed by atoms with van der Waals surface area (Å²) in [5.74, 6) is 2.90. The molecule has 7 nitrogen and oxygen atoms in total. The topological polar surface area (TPSA) is 95.8 Å². The Morgan fingerprint density at radius 3 is 2.68 bits per heavy atom. The van der Waals surface area contributed by atoms with Gasteiger partial charge in [-0.05, 0) is 38.8 Å². The zero-order chi connectivity index (χ0) is 18.4. The van der Waals surface area contributed by atoms with Gasteiger partial charge in [-0.2, -0.15) is 0 Å². The number of aliphatic hydroxyl groups is 1. The van der Waals surface area contributed by atoms with Gasteiger partial charge in [-0.1, -0.05) is 19.0 Å². The van der Waals surface area contributed by atoms with Crippen LogP contribution in [0, 0.1) is 6.92 Å². The summed E-state index contributed by atoms with van der Waals surface area (Å²) in [4.78, 5) is 4.48. The predicted octanol–water partition coefficient (Wildman–Crippen LogP) is 2.66. The summed E-state index contributed by atoms with van der Waals surface area (Å²) in [5.41, 5.74) is -0.221. The fraction of sp³-hybridized carbons (Fsp3) is 0.556. The van der Waals surface area contributed by atoms with Crippen LogP contribution in [-0.4, -0.2) is 29.3 Å². The first kappa shape index (κ1) is 19.1. The maximum Gasteiger partial charge on any atom is 0.191 e. The lowest BCUT2D eigenvalue weighted by Crippen LogP contribution is -2.44. The van der Waals surface area contributed by atoms with Crippen LogP contribution in [-0.2, 0) is 12.1 Å². The zero-order valence-corrected chi connectivity index (χ0v) is 15.6. The molecule has 0 amide bonds. The number of hydrogen-bond donors (Lipinski definition) is 3. The Morgan fingerprint density at radius 1 is 1.36 bits per heavy atom. The average molecular weight is 348 g/mol. The summed E-state index contributed by atoms with van der Waals surface area (Å²) < 4.78 is 10.8. The van der Waals surface area contributed by atoms with Gasteiger partial charge in [-0.3, -0.25) is 0 Å². The molecule has 0 aliphatic heterocycles. The smallest absolute Gasteiger partial charge is 0.191 e. The maximum atomic E-state index is 10.6. The van der Waals surface area contributed by atoms with Crippen molar-refractivity contribution in [2.24, 2.45) is 4.99 Å². The van der Waals surface area contributed by atoms with E-state index in [4.69, 9.17) is 8.94 Å². The summed E-state index contributed by atoms with van der Waals surface area (Å²) in [6.07, 6.45) is 0. The molecule has 25 heavy (non-hydrogen) atoms. The molecule has 2 aromatic heterocycles. The van der Waals surface area contributed by atoms with Crippen molar-refractivity contribution in [3.63, 3.8) is 0 Å². The number of rotatable bonds is 7. The van der Waals surface area contributed by atoms with Crippen LogP contribution in [0.15, 0.2) is 32.1 Å². The first-order valence-electron chi connectivity index (χ1n) is 8.58. The minimum atomic E-state index is -1.14. The van der Waals surface area contributed by atoms with Gasteiger partial charge in [-0.25, -0.2) is 4.99 Å². The number of hydrogen-bond acceptors (Lipinski definition) is 5. The number of nitrogens with zero attached hydrogens (tertiary/aromatic N) is 2. The third-order valence-electron chi connectivity index (χ3n) is 3.78. The summed E-state index contributed by atoms with van der Waals surface area (Å²) >= 11 is 0. The summed E-state index contributed by atoms with van der Waals surface area (Å²) in [7, 11) is 0. The van der Waals surface area contributed by atoms with E-state index in [0.717, 1.165) is 11.5 Å². The van der Waals surface area contributed by atoms with Crippen molar-refractivity contribution < 1.29 is 14.0 Å². The molecule has 3 N–H and O–H groups in total. The third-order valence-corrected chi connectivity index (χ3v) is 3.78. The van der Waals surface area contributed by atoms with E-state index in [1.807, 2.05) is 26.0 Å². The van der Waals surface area contributed by atoms with Gasteiger partial charge in [0.1, 0.15) is 23.7 Å². The third kappa shape index (κ3) is 5.35. The van der Waals surface area contributed by atoms with E-state index in [0.29, 0.717) is 36.5 Å². The van der Waals surface area contributed by atoms with E-state index in [1.165, 1.54) is 0 Å². The van der Waals surface area contributed by atoms with E-state index >= 15 is 0 Å². The van der Waals surface area contributed by atoms with Crippen LogP contribution in [0.2, 0.25) is 0 Å². The summed E-state index contributed by atoms with van der Waals surface area (Å²) in [6, 6.07) is 5.53. The lowest BCUT2D eigenvalue weighted by Gasteiger charge is -2.22. The minimum Gasteiger partial charge on any atom is -0.463 e. The van der Waals surface area contributed by atoms with Gasteiger partial charge in [0.15, 0.2) is 11.7 Å². The molecule has 1 unspecified atom stereocenters. The van der Waals surface area contributed by atoms with Crippen molar-refractivity contribution in [2.45, 2.75) is 52.7 Å². The first-order chi connectivity index (χ1) is 11.8. The van der Waals surface area contributed by atoms with Gasteiger partial charge in [0.25, 0.3) is 0 Å². The highest BCUT2D eigenvalue weighted by Gasteiger charge is 2.27. The molecular formula is C18H28N4O3. The molecule has 7 heteroatoms. The lowest BCUT2D eigenvalue weighted by atomic mass is 10.0. The lowest BCUT2D eigenvalue weighted by molar-refractivity contribution is 0.0378. The molecule has 2 rings (SSSR count). The standard InChI is InChI=1S/C18H28N4O3/c1-6-19-17(20-10-14-9-15(12(2)3)22-25-14)21-11-18(5,23)16-8-7-13(4)24-16/h7-9,12,23H,6,10-11H2,1-5H3,(H2,19,20,21). The second kappa shape index (κ2) is 8.20. The van der Waals surface area contributed by atoms with Gasteiger partial charge in [0.2, 0.25) is 0 Å². The number of nitrogens with one attached hydrogen (secondary N) is 2. The molecule has 0 aliphatic rings. The van der Waals surface area contributed by atoms with E-state index < -0.39 is 5.60 Å². The van der Waals surface area contributed by atoms with Crippen molar-refractivity contribution in [1.82, 2.24) is 15.8 Å². The van der Waals surface area contributed by atoms with E-state index in [-0.39, 0.29) is 6.54 Å². The van der Waals surface area contributed by atoms with Crippen LogP contribution in [0.5, 0.6) is 0 Å². The predicted molar refractivity (Wildman–Crippen MR) is 96.4 cm³/mol. The van der Waals surface area contributed by atoms with Gasteiger partial charge >= 0.3 is 0 Å². The Balaban J connectivity index is 1.99. The number of guanidine groups is 1. The molecule has 0 bridgehead atoms. The number of furan rings is 1. The fourth-order valence-corrected chi connectivity index (χ4v) is 2.24. The molecule has 0 fully saturated rings. The zero-order valence-electron chi connectivity index (χ0n) is 15.6. The molecule has 0 saturated carbocycles. The van der Waals surface area contributed by atoms with Crippen molar-refractivity contribution in [2.75, 3.05) is 13.1 Å². The number of aliphatic imine (C=N–C) groups is 1. The van der Waals surface area contributed by atoms with Gasteiger partial charge in [0.05, 0.1) is 12.2 Å². The molecular weight excluding hydrogens is 320 g/mol. The average Bonchev–Trinajstić information content (AvgIpc) is 3.19. The first-order valence-corrected chi connectivity index (χ1v) is 8.58. The Kier molecular flexibility index (Phi) is 6.25. The second-order valence-electron chi connectivity index (χ2n) is 6.61. The fourth-order valence-electron chi connectivity index (χ4n) is 2.24. The van der Waals surface area contributed by atoms with E-state index in [1.54, 1.807) is 13.0 Å². The summed E-state index contributed by atoms with van der Waals surface area (Å²) in [6.45, 7) is 11.0. The Hall–Kier alpha value is -2.28. The van der Waals surface area contributed by atoms with Gasteiger partial charge < -0.3 is 24.7 Å². The van der Waals surface area contributed by atoms with Crippen LogP contribution in [0.4, 0.5) is 0 Å². The van der Waals surface area contributed by atoms with Crippen LogP contribution in [0.3, 0.4) is 0 Å². The molecule has 1 atom stereocenters. The SMILES string of the molecule is CCNC(=NCc1cc(C(C)C)no1)NCC(C)(O)c1ccc(C)o1. The molecule has 0 aliphatic carbocycles. The highest BCUT2D eigenvalue weighted by Crippen LogP contribution is 2.21. The number of aromatic nitrogens is 1. The molecule has 0 radical (unpaired) electrons. The van der Waals surface area contributed by atoms with Crippen molar-refractivity contribution in [1.29, 1.82) is 0 Å². The Bertz CT molecular complexity index is 701. The van der Waals surface area contributed by atoms with E-state index in [2.05, 4.69) is 34.6 Å². The second-order valence-corrected chi connectivity index (χ2v) is 6.61. The van der Waals surface area contributed by atoms with Crippen LogP contribution in [0.1, 0.15) is 56.6 Å². The molecule has 0 spiro atoms. The van der Waals surface area contributed by atoms with Crippen molar-refractivity contribution in [3.05, 3.63) is 41.2 Å². The minimum absolute atomic E-state index is 0.263. The van der Waals surface area contributed by atoms with Crippen molar-refractivity contribution in [3.8, 4) is 0 Å². The molecule has 0 aromatic carbocycles. The molecule has 138 valence electrons. The summed E-state index contributed by atoms with van der Waals surface area (Å²) in [5, 5.41) is 20.9. The number of aryl methyl sites for hydroxylation is 1. The highest BCUT2D eigenvalue weighted by atomic mass is 16.5. The molecule has 2 heterocycles.